The quantitative estimate of drug-likeness (QED) is 0.378. The lowest BCUT2D eigenvalue weighted by molar-refractivity contribution is -0.272. The van der Waals surface area contributed by atoms with Crippen molar-refractivity contribution in [2.45, 2.75) is 64.7 Å². The second-order valence-corrected chi connectivity index (χ2v) is 8.01. The molecule has 3 rings (SSSR count). The molecule has 3 N–H and O–H groups in total. The highest BCUT2D eigenvalue weighted by Crippen LogP contribution is 2.39. The molecule has 0 bridgehead atoms. The van der Waals surface area contributed by atoms with E-state index in [4.69, 9.17) is 4.42 Å². The second-order valence-electron chi connectivity index (χ2n) is 8.01. The Bertz CT molecular complexity index is 1080. The first kappa shape index (κ1) is 22.5. The van der Waals surface area contributed by atoms with Crippen molar-refractivity contribution in [1.29, 1.82) is 0 Å². The Morgan fingerprint density at radius 3 is 2.13 bits per heavy atom. The van der Waals surface area contributed by atoms with Gasteiger partial charge in [0.2, 0.25) is 11.2 Å². The zero-order valence-corrected chi connectivity index (χ0v) is 17.8. The third kappa shape index (κ3) is 5.32. The van der Waals surface area contributed by atoms with E-state index in [0.29, 0.717) is 5.58 Å². The summed E-state index contributed by atoms with van der Waals surface area (Å²) in [6, 6.07) is 7.39. The molecule has 2 aromatic carbocycles. The SMILES string of the molecule is CCCCCCCCCCc1ccc2c(=O)c(O)c(-c3cc(O)c([O-])c(O)c3)oc2c1. The van der Waals surface area contributed by atoms with Crippen LogP contribution in [0.2, 0.25) is 0 Å². The Morgan fingerprint density at radius 2 is 1.48 bits per heavy atom. The maximum atomic E-state index is 12.6. The molecule has 3 aromatic rings. The summed E-state index contributed by atoms with van der Waals surface area (Å²) in [5, 5.41) is 41.4. The third-order valence-electron chi connectivity index (χ3n) is 5.56. The van der Waals surface area contributed by atoms with Crippen LogP contribution in [0.5, 0.6) is 23.0 Å². The Morgan fingerprint density at radius 1 is 0.871 bits per heavy atom. The molecular formula is C25H29O6-. The largest absolute Gasteiger partial charge is 0.867 e. The number of rotatable bonds is 10. The fourth-order valence-corrected chi connectivity index (χ4v) is 3.77. The molecule has 166 valence electrons. The first-order valence-corrected chi connectivity index (χ1v) is 10.9. The van der Waals surface area contributed by atoms with Crippen LogP contribution in [0.15, 0.2) is 39.5 Å². The summed E-state index contributed by atoms with van der Waals surface area (Å²) in [7, 11) is 0. The summed E-state index contributed by atoms with van der Waals surface area (Å²) in [4.78, 5) is 12.6. The van der Waals surface area contributed by atoms with Gasteiger partial charge in [0.05, 0.1) is 5.39 Å². The molecule has 0 atom stereocenters. The lowest BCUT2D eigenvalue weighted by Gasteiger charge is -2.13. The monoisotopic (exact) mass is 425 g/mol. The number of hydrogen-bond acceptors (Lipinski definition) is 6. The zero-order valence-electron chi connectivity index (χ0n) is 17.8. The van der Waals surface area contributed by atoms with Crippen LogP contribution in [0.3, 0.4) is 0 Å². The van der Waals surface area contributed by atoms with Gasteiger partial charge in [-0.3, -0.25) is 4.79 Å². The number of aromatic hydroxyl groups is 3. The smallest absolute Gasteiger partial charge is 0.235 e. The molecule has 6 nitrogen and oxygen atoms in total. The van der Waals surface area contributed by atoms with Crippen molar-refractivity contribution in [3.05, 3.63) is 46.1 Å². The average molecular weight is 426 g/mol. The fraction of sp³-hybridized carbons (Fsp3) is 0.400. The molecule has 0 aliphatic carbocycles. The Kier molecular flexibility index (Phi) is 7.45. The van der Waals surface area contributed by atoms with Crippen LogP contribution in [-0.2, 0) is 6.42 Å². The molecule has 6 heteroatoms. The second kappa shape index (κ2) is 10.2. The van der Waals surface area contributed by atoms with Gasteiger partial charge in [0, 0.05) is 5.56 Å². The van der Waals surface area contributed by atoms with Crippen molar-refractivity contribution in [2.24, 2.45) is 0 Å². The minimum atomic E-state index is -0.931. The molecular weight excluding hydrogens is 396 g/mol. The molecule has 0 saturated heterocycles. The predicted octanol–water partition coefficient (Wildman–Crippen LogP) is 5.33. The van der Waals surface area contributed by atoms with E-state index >= 15 is 0 Å². The molecule has 0 amide bonds. The van der Waals surface area contributed by atoms with Gasteiger partial charge in [0.25, 0.3) is 0 Å². The van der Waals surface area contributed by atoms with Gasteiger partial charge < -0.3 is 24.8 Å². The van der Waals surface area contributed by atoms with Crippen LogP contribution in [0, 0.1) is 0 Å². The van der Waals surface area contributed by atoms with Gasteiger partial charge in [0.1, 0.15) is 17.1 Å². The van der Waals surface area contributed by atoms with Crippen molar-refractivity contribution >= 4 is 11.0 Å². The highest BCUT2D eigenvalue weighted by molar-refractivity contribution is 5.83. The van der Waals surface area contributed by atoms with Gasteiger partial charge >= 0.3 is 0 Å². The van der Waals surface area contributed by atoms with E-state index in [1.807, 2.05) is 6.07 Å². The number of aryl methyl sites for hydroxylation is 1. The first-order chi connectivity index (χ1) is 14.9. The molecule has 0 radical (unpaired) electrons. The van der Waals surface area contributed by atoms with E-state index < -0.39 is 28.4 Å². The van der Waals surface area contributed by atoms with Crippen LogP contribution in [0.25, 0.3) is 22.3 Å². The molecule has 1 aromatic heterocycles. The Balaban J connectivity index is 1.76. The predicted molar refractivity (Wildman–Crippen MR) is 119 cm³/mol. The van der Waals surface area contributed by atoms with Crippen molar-refractivity contribution in [2.75, 3.05) is 0 Å². The summed E-state index contributed by atoms with van der Waals surface area (Å²) in [6.45, 7) is 2.21. The summed E-state index contributed by atoms with van der Waals surface area (Å²) in [5.41, 5.74) is 0.763. The first-order valence-electron chi connectivity index (χ1n) is 10.9. The van der Waals surface area contributed by atoms with E-state index in [-0.39, 0.29) is 16.7 Å². The minimum Gasteiger partial charge on any atom is -0.867 e. The number of phenols is 2. The van der Waals surface area contributed by atoms with Gasteiger partial charge in [-0.2, -0.15) is 0 Å². The van der Waals surface area contributed by atoms with Crippen molar-refractivity contribution in [3.63, 3.8) is 0 Å². The number of hydrogen-bond donors (Lipinski definition) is 3. The molecule has 0 fully saturated rings. The van der Waals surface area contributed by atoms with Crippen LogP contribution in [0.1, 0.15) is 63.9 Å². The molecule has 31 heavy (non-hydrogen) atoms. The van der Waals surface area contributed by atoms with Gasteiger partial charge in [-0.1, -0.05) is 57.9 Å². The lowest BCUT2D eigenvalue weighted by atomic mass is 10.0. The van der Waals surface area contributed by atoms with E-state index in [9.17, 15) is 25.2 Å². The standard InChI is InChI=1S/C25H30O6/c1-2-3-4-5-6-7-8-9-10-16-11-12-18-21(13-16)31-25(24(30)22(18)28)17-14-19(26)23(29)20(27)15-17/h11-15,26-27,29-30H,2-10H2,1H3/p-1. The zero-order chi connectivity index (χ0) is 22.4. The molecule has 1 heterocycles. The molecule has 0 saturated carbocycles. The van der Waals surface area contributed by atoms with E-state index in [2.05, 4.69) is 6.92 Å². The Labute approximate surface area is 181 Å². The number of unbranched alkanes of at least 4 members (excludes halogenated alkanes) is 7. The van der Waals surface area contributed by atoms with Crippen LogP contribution >= 0.6 is 0 Å². The number of phenolic OH excluding ortho intramolecular Hbond substituents is 2. The topological polar surface area (TPSA) is 114 Å². The molecule has 0 aliphatic heterocycles. The summed E-state index contributed by atoms with van der Waals surface area (Å²) in [6.07, 6.45) is 10.7. The fourth-order valence-electron chi connectivity index (χ4n) is 3.77. The van der Waals surface area contributed by atoms with Crippen molar-refractivity contribution in [3.8, 4) is 34.3 Å². The summed E-state index contributed by atoms with van der Waals surface area (Å²) < 4.78 is 5.76. The van der Waals surface area contributed by atoms with E-state index in [1.165, 1.54) is 38.5 Å². The van der Waals surface area contributed by atoms with E-state index in [1.54, 1.807) is 12.1 Å². The minimum absolute atomic E-state index is 0.0413. The highest BCUT2D eigenvalue weighted by Gasteiger charge is 2.17. The third-order valence-corrected chi connectivity index (χ3v) is 5.56. The van der Waals surface area contributed by atoms with Crippen molar-refractivity contribution in [1.82, 2.24) is 0 Å². The Hall–Kier alpha value is -3.15. The molecule has 0 spiro atoms. The van der Waals surface area contributed by atoms with Gasteiger partial charge in [-0.25, -0.2) is 0 Å². The highest BCUT2D eigenvalue weighted by atomic mass is 16.4. The molecule has 0 aliphatic rings. The van der Waals surface area contributed by atoms with Crippen molar-refractivity contribution < 1.29 is 24.8 Å². The summed E-state index contributed by atoms with van der Waals surface area (Å²) >= 11 is 0. The summed E-state index contributed by atoms with van der Waals surface area (Å²) in [5.74, 6) is -3.16. The van der Waals surface area contributed by atoms with Crippen LogP contribution < -0.4 is 10.5 Å². The normalized spacial score (nSPS) is 11.3. The van der Waals surface area contributed by atoms with E-state index in [0.717, 1.165) is 37.0 Å². The average Bonchev–Trinajstić information content (AvgIpc) is 2.76. The lowest BCUT2D eigenvalue weighted by Crippen LogP contribution is -2.03. The maximum Gasteiger partial charge on any atom is 0.235 e. The van der Waals surface area contributed by atoms with Gasteiger partial charge in [0.15, 0.2) is 5.76 Å². The van der Waals surface area contributed by atoms with Crippen LogP contribution in [-0.4, -0.2) is 15.3 Å². The maximum absolute atomic E-state index is 12.6. The van der Waals surface area contributed by atoms with Crippen LogP contribution in [0.4, 0.5) is 0 Å². The number of fused-ring (bicyclic) bond motifs is 1. The van der Waals surface area contributed by atoms with Gasteiger partial charge in [-0.05, 0) is 48.4 Å². The molecule has 0 unspecified atom stereocenters. The number of benzene rings is 2. The van der Waals surface area contributed by atoms with Gasteiger partial charge in [-0.15, -0.1) is 0 Å².